The van der Waals surface area contributed by atoms with Crippen LogP contribution in [-0.4, -0.2) is 9.97 Å². The molecule has 0 aliphatic rings. The molecule has 1 N–H and O–H groups in total. The van der Waals surface area contributed by atoms with Crippen LogP contribution in [0.25, 0.3) is 22.2 Å². The number of alkyl halides is 3. The van der Waals surface area contributed by atoms with Crippen molar-refractivity contribution in [2.45, 2.75) is 6.18 Å². The third-order valence-electron chi connectivity index (χ3n) is 3.12. The zero-order valence-electron chi connectivity index (χ0n) is 10.6. The summed E-state index contributed by atoms with van der Waals surface area (Å²) in [6, 6.07) is 9.66. The van der Waals surface area contributed by atoms with Crippen LogP contribution in [0.5, 0.6) is 0 Å². The standard InChI is InChI=1S/C15H9F3N2O/c16-15(17,18)11-5-1-3-9(7-11)12-8-10-4-2-6-19-13(10)20-14(12)21/h1-8H,(H,19,20,21). The van der Waals surface area contributed by atoms with E-state index in [2.05, 4.69) is 9.97 Å². The lowest BCUT2D eigenvalue weighted by Gasteiger charge is -2.09. The number of rotatable bonds is 1. The van der Waals surface area contributed by atoms with Gasteiger partial charge in [-0.2, -0.15) is 13.2 Å². The Morgan fingerprint density at radius 2 is 1.86 bits per heavy atom. The third kappa shape index (κ3) is 2.52. The Kier molecular flexibility index (Phi) is 3.01. The highest BCUT2D eigenvalue weighted by molar-refractivity contribution is 5.80. The van der Waals surface area contributed by atoms with E-state index in [4.69, 9.17) is 0 Å². The van der Waals surface area contributed by atoms with Crippen molar-refractivity contribution >= 4 is 11.0 Å². The van der Waals surface area contributed by atoms with Crippen LogP contribution in [-0.2, 0) is 6.18 Å². The maximum absolute atomic E-state index is 12.7. The Morgan fingerprint density at radius 1 is 1.05 bits per heavy atom. The van der Waals surface area contributed by atoms with Crippen molar-refractivity contribution < 1.29 is 13.2 Å². The van der Waals surface area contributed by atoms with E-state index in [1.165, 1.54) is 24.4 Å². The molecule has 2 heterocycles. The summed E-state index contributed by atoms with van der Waals surface area (Å²) >= 11 is 0. The van der Waals surface area contributed by atoms with Crippen molar-refractivity contribution in [1.82, 2.24) is 9.97 Å². The molecule has 6 heteroatoms. The summed E-state index contributed by atoms with van der Waals surface area (Å²) in [4.78, 5) is 18.6. The summed E-state index contributed by atoms with van der Waals surface area (Å²) in [5.74, 6) is 0. The molecule has 0 atom stereocenters. The number of fused-ring (bicyclic) bond motifs is 1. The Hall–Kier alpha value is -2.63. The number of nitrogens with one attached hydrogen (secondary N) is 1. The quantitative estimate of drug-likeness (QED) is 0.744. The van der Waals surface area contributed by atoms with E-state index in [0.29, 0.717) is 11.0 Å². The fraction of sp³-hybridized carbons (Fsp3) is 0.0667. The highest BCUT2D eigenvalue weighted by Crippen LogP contribution is 2.31. The number of H-pyrrole nitrogens is 1. The van der Waals surface area contributed by atoms with E-state index in [0.717, 1.165) is 12.1 Å². The van der Waals surface area contributed by atoms with E-state index in [1.807, 2.05) is 0 Å². The molecule has 1 aromatic carbocycles. The first-order chi connectivity index (χ1) is 9.95. The largest absolute Gasteiger partial charge is 0.416 e. The molecular formula is C15H9F3N2O. The van der Waals surface area contributed by atoms with Gasteiger partial charge in [-0.15, -0.1) is 0 Å². The molecule has 3 aromatic rings. The Balaban J connectivity index is 2.21. The van der Waals surface area contributed by atoms with E-state index in [-0.39, 0.29) is 11.1 Å². The highest BCUT2D eigenvalue weighted by Gasteiger charge is 2.30. The van der Waals surface area contributed by atoms with Crippen LogP contribution in [0.1, 0.15) is 5.56 Å². The molecule has 106 valence electrons. The second-order valence-corrected chi connectivity index (χ2v) is 4.53. The molecule has 3 nitrogen and oxygen atoms in total. The number of halogens is 3. The van der Waals surface area contributed by atoms with E-state index < -0.39 is 17.3 Å². The van der Waals surface area contributed by atoms with Crippen molar-refractivity contribution in [2.75, 3.05) is 0 Å². The fourth-order valence-corrected chi connectivity index (χ4v) is 2.11. The molecule has 2 aromatic heterocycles. The van der Waals surface area contributed by atoms with E-state index >= 15 is 0 Å². The molecule has 0 amide bonds. The zero-order chi connectivity index (χ0) is 15.0. The lowest BCUT2D eigenvalue weighted by atomic mass is 10.0. The lowest BCUT2D eigenvalue weighted by molar-refractivity contribution is -0.137. The molecule has 0 spiro atoms. The van der Waals surface area contributed by atoms with Gasteiger partial charge in [0.25, 0.3) is 5.56 Å². The third-order valence-corrected chi connectivity index (χ3v) is 3.12. The molecule has 0 aliphatic carbocycles. The van der Waals surface area contributed by atoms with Crippen LogP contribution in [0.2, 0.25) is 0 Å². The molecule has 0 saturated carbocycles. The Bertz CT molecular complexity index is 868. The molecule has 0 fully saturated rings. The Morgan fingerprint density at radius 3 is 2.62 bits per heavy atom. The number of pyridine rings is 2. The SMILES string of the molecule is O=c1[nH]c2ncccc2cc1-c1cccc(C(F)(F)F)c1. The van der Waals surface area contributed by atoms with Gasteiger partial charge >= 0.3 is 6.18 Å². The molecule has 0 bridgehead atoms. The van der Waals surface area contributed by atoms with Gasteiger partial charge in [-0.1, -0.05) is 12.1 Å². The summed E-state index contributed by atoms with van der Waals surface area (Å²) in [5.41, 5.74) is -0.456. The first-order valence-electron chi connectivity index (χ1n) is 6.11. The minimum atomic E-state index is -4.44. The topological polar surface area (TPSA) is 45.8 Å². The van der Waals surface area contributed by atoms with Gasteiger partial charge in [0.15, 0.2) is 0 Å². The van der Waals surface area contributed by atoms with Crippen LogP contribution in [0.4, 0.5) is 13.2 Å². The van der Waals surface area contributed by atoms with Gasteiger partial charge in [0, 0.05) is 17.1 Å². The van der Waals surface area contributed by atoms with Gasteiger partial charge in [-0.05, 0) is 35.9 Å². The van der Waals surface area contributed by atoms with Gasteiger partial charge in [0.2, 0.25) is 0 Å². The van der Waals surface area contributed by atoms with Crippen LogP contribution < -0.4 is 5.56 Å². The van der Waals surface area contributed by atoms with Crippen LogP contribution in [0, 0.1) is 0 Å². The molecular weight excluding hydrogens is 281 g/mol. The molecule has 0 unspecified atom stereocenters. The van der Waals surface area contributed by atoms with Gasteiger partial charge in [0.1, 0.15) is 5.65 Å². The molecule has 0 saturated heterocycles. The molecule has 3 rings (SSSR count). The maximum atomic E-state index is 12.7. The number of aromatic amines is 1. The van der Waals surface area contributed by atoms with Gasteiger partial charge in [0.05, 0.1) is 5.56 Å². The predicted octanol–water partition coefficient (Wildman–Crippen LogP) is 3.61. The average molecular weight is 290 g/mol. The van der Waals surface area contributed by atoms with Gasteiger partial charge < -0.3 is 4.98 Å². The minimum absolute atomic E-state index is 0.182. The highest BCUT2D eigenvalue weighted by atomic mass is 19.4. The second kappa shape index (κ2) is 4.73. The normalized spacial score (nSPS) is 11.8. The van der Waals surface area contributed by atoms with Crippen LogP contribution in [0.15, 0.2) is 53.5 Å². The first kappa shape index (κ1) is 13.4. The second-order valence-electron chi connectivity index (χ2n) is 4.53. The molecule has 0 aliphatic heterocycles. The first-order valence-corrected chi connectivity index (χ1v) is 6.11. The Labute approximate surface area is 117 Å². The number of hydrogen-bond acceptors (Lipinski definition) is 2. The van der Waals surface area contributed by atoms with Crippen molar-refractivity contribution in [3.8, 4) is 11.1 Å². The van der Waals surface area contributed by atoms with Crippen molar-refractivity contribution in [2.24, 2.45) is 0 Å². The van der Waals surface area contributed by atoms with Gasteiger partial charge in [-0.3, -0.25) is 4.79 Å². The fourth-order valence-electron chi connectivity index (χ4n) is 2.11. The summed E-state index contributed by atoms with van der Waals surface area (Å²) < 4.78 is 38.2. The average Bonchev–Trinajstić information content (AvgIpc) is 2.46. The summed E-state index contributed by atoms with van der Waals surface area (Å²) in [7, 11) is 0. The number of nitrogens with zero attached hydrogens (tertiary/aromatic N) is 1. The van der Waals surface area contributed by atoms with E-state index in [1.54, 1.807) is 12.1 Å². The molecule has 0 radical (unpaired) electrons. The smallest absolute Gasteiger partial charge is 0.306 e. The number of hydrogen-bond donors (Lipinski definition) is 1. The molecule has 21 heavy (non-hydrogen) atoms. The lowest BCUT2D eigenvalue weighted by Crippen LogP contribution is -2.10. The van der Waals surface area contributed by atoms with E-state index in [9.17, 15) is 18.0 Å². The van der Waals surface area contributed by atoms with Crippen molar-refractivity contribution in [3.05, 3.63) is 64.6 Å². The maximum Gasteiger partial charge on any atom is 0.416 e. The zero-order valence-corrected chi connectivity index (χ0v) is 10.6. The van der Waals surface area contributed by atoms with Crippen molar-refractivity contribution in [3.63, 3.8) is 0 Å². The van der Waals surface area contributed by atoms with Crippen molar-refractivity contribution in [1.29, 1.82) is 0 Å². The number of aromatic nitrogens is 2. The number of benzene rings is 1. The summed E-state index contributed by atoms with van der Waals surface area (Å²) in [6.07, 6.45) is -2.91. The summed E-state index contributed by atoms with van der Waals surface area (Å²) in [6.45, 7) is 0. The predicted molar refractivity (Wildman–Crippen MR) is 72.8 cm³/mol. The minimum Gasteiger partial charge on any atom is -0.306 e. The van der Waals surface area contributed by atoms with Crippen LogP contribution in [0.3, 0.4) is 0 Å². The summed E-state index contributed by atoms with van der Waals surface area (Å²) in [5, 5.41) is 0.657. The van der Waals surface area contributed by atoms with Crippen LogP contribution >= 0.6 is 0 Å². The monoisotopic (exact) mass is 290 g/mol. The van der Waals surface area contributed by atoms with Gasteiger partial charge in [-0.25, -0.2) is 4.98 Å².